The van der Waals surface area contributed by atoms with E-state index in [0.29, 0.717) is 5.69 Å². The van der Waals surface area contributed by atoms with Gasteiger partial charge in [0.05, 0.1) is 0 Å². The Kier molecular flexibility index (Phi) is 2.17. The average molecular weight is 167 g/mol. The zero-order chi connectivity index (χ0) is 9.30. The third-order valence-electron chi connectivity index (χ3n) is 1.68. The molecular weight excluding hydrogens is 154 g/mol. The molecule has 4 heteroatoms. The van der Waals surface area contributed by atoms with E-state index < -0.39 is 5.91 Å². The summed E-state index contributed by atoms with van der Waals surface area (Å²) in [4.78, 5) is 10.8. The molecule has 1 heterocycles. The predicted octanol–water partition coefficient (Wildman–Crippen LogP) is 0.871. The second kappa shape index (κ2) is 2.97. The Bertz CT molecular complexity index is 301. The van der Waals surface area contributed by atoms with Crippen molar-refractivity contribution in [1.29, 1.82) is 0 Å². The van der Waals surface area contributed by atoms with Crippen LogP contribution in [0.4, 0.5) is 0 Å². The van der Waals surface area contributed by atoms with E-state index in [1.54, 1.807) is 4.68 Å². The van der Waals surface area contributed by atoms with E-state index >= 15 is 0 Å². The quantitative estimate of drug-likeness (QED) is 0.710. The largest absolute Gasteiger partial charge is 0.364 e. The molecule has 0 spiro atoms. The lowest BCUT2D eigenvalue weighted by atomic mass is 10.3. The van der Waals surface area contributed by atoms with E-state index in [4.69, 9.17) is 5.73 Å². The molecule has 1 amide bonds. The molecule has 0 bridgehead atoms. The number of aromatic nitrogens is 2. The van der Waals surface area contributed by atoms with Crippen LogP contribution in [0.25, 0.3) is 0 Å². The van der Waals surface area contributed by atoms with Gasteiger partial charge in [0, 0.05) is 17.8 Å². The van der Waals surface area contributed by atoms with Crippen molar-refractivity contribution in [3.63, 3.8) is 0 Å². The van der Waals surface area contributed by atoms with Crippen LogP contribution in [0.5, 0.6) is 0 Å². The number of hydrogen-bond acceptors (Lipinski definition) is 2. The SMILES string of the molecule is Cc1cn(C(C)C)nc1C(N)=O. The number of nitrogens with two attached hydrogens (primary N) is 1. The molecule has 1 aromatic rings. The molecule has 2 N–H and O–H groups in total. The smallest absolute Gasteiger partial charge is 0.269 e. The van der Waals surface area contributed by atoms with Crippen LogP contribution in [0.2, 0.25) is 0 Å². The fourth-order valence-electron chi connectivity index (χ4n) is 0.991. The van der Waals surface area contributed by atoms with Gasteiger partial charge in [0.25, 0.3) is 5.91 Å². The van der Waals surface area contributed by atoms with E-state index in [2.05, 4.69) is 5.10 Å². The summed E-state index contributed by atoms with van der Waals surface area (Å²) < 4.78 is 1.73. The monoisotopic (exact) mass is 167 g/mol. The highest BCUT2D eigenvalue weighted by atomic mass is 16.1. The van der Waals surface area contributed by atoms with Crippen molar-refractivity contribution in [2.45, 2.75) is 26.8 Å². The van der Waals surface area contributed by atoms with Crippen molar-refractivity contribution in [1.82, 2.24) is 9.78 Å². The Labute approximate surface area is 71.4 Å². The first-order valence-corrected chi connectivity index (χ1v) is 3.88. The lowest BCUT2D eigenvalue weighted by Gasteiger charge is -2.02. The Hall–Kier alpha value is -1.32. The molecule has 12 heavy (non-hydrogen) atoms. The highest BCUT2D eigenvalue weighted by molar-refractivity contribution is 5.92. The molecule has 0 saturated heterocycles. The summed E-state index contributed by atoms with van der Waals surface area (Å²) in [7, 11) is 0. The number of primary amides is 1. The molecule has 0 saturated carbocycles. The van der Waals surface area contributed by atoms with Gasteiger partial charge in [0.15, 0.2) is 5.69 Å². The van der Waals surface area contributed by atoms with Gasteiger partial charge in [-0.1, -0.05) is 0 Å². The van der Waals surface area contributed by atoms with E-state index in [1.165, 1.54) is 0 Å². The molecular formula is C8H13N3O. The van der Waals surface area contributed by atoms with Crippen molar-refractivity contribution in [3.8, 4) is 0 Å². The van der Waals surface area contributed by atoms with Gasteiger partial charge >= 0.3 is 0 Å². The van der Waals surface area contributed by atoms with Crippen LogP contribution in [0, 0.1) is 6.92 Å². The van der Waals surface area contributed by atoms with Crippen LogP contribution in [-0.2, 0) is 0 Å². The molecule has 0 aliphatic rings. The molecule has 0 atom stereocenters. The van der Waals surface area contributed by atoms with Gasteiger partial charge < -0.3 is 5.73 Å². The highest BCUT2D eigenvalue weighted by Crippen LogP contribution is 2.08. The number of aryl methyl sites for hydroxylation is 1. The molecule has 0 radical (unpaired) electrons. The molecule has 0 aliphatic carbocycles. The van der Waals surface area contributed by atoms with Gasteiger partial charge in [0.1, 0.15) is 0 Å². The maximum atomic E-state index is 10.8. The second-order valence-corrected chi connectivity index (χ2v) is 3.10. The molecule has 4 nitrogen and oxygen atoms in total. The first kappa shape index (κ1) is 8.77. The third-order valence-corrected chi connectivity index (χ3v) is 1.68. The minimum absolute atomic E-state index is 0.261. The zero-order valence-electron chi connectivity index (χ0n) is 7.53. The third kappa shape index (κ3) is 1.47. The van der Waals surface area contributed by atoms with Gasteiger partial charge in [-0.25, -0.2) is 0 Å². The first-order valence-electron chi connectivity index (χ1n) is 3.88. The summed E-state index contributed by atoms with van der Waals surface area (Å²) in [6, 6.07) is 0.261. The van der Waals surface area contributed by atoms with E-state index in [0.717, 1.165) is 5.56 Å². The topological polar surface area (TPSA) is 60.9 Å². The summed E-state index contributed by atoms with van der Waals surface area (Å²) in [6.45, 7) is 5.82. The number of nitrogens with zero attached hydrogens (tertiary/aromatic N) is 2. The number of carbonyl (C=O) groups is 1. The van der Waals surface area contributed by atoms with Gasteiger partial charge in [0.2, 0.25) is 0 Å². The summed E-state index contributed by atoms with van der Waals surface area (Å²) in [5, 5.41) is 4.05. The standard InChI is InChI=1S/C8H13N3O/c1-5(2)11-4-6(3)7(10-11)8(9)12/h4-5H,1-3H3,(H2,9,12). The lowest BCUT2D eigenvalue weighted by Crippen LogP contribution is -2.14. The lowest BCUT2D eigenvalue weighted by molar-refractivity contribution is 0.0994. The maximum absolute atomic E-state index is 10.8. The number of hydrogen-bond donors (Lipinski definition) is 1. The van der Waals surface area contributed by atoms with Gasteiger partial charge in [-0.05, 0) is 20.8 Å². The summed E-state index contributed by atoms with van der Waals surface area (Å²) in [5.74, 6) is -0.466. The molecule has 0 unspecified atom stereocenters. The molecule has 0 fully saturated rings. The van der Waals surface area contributed by atoms with Gasteiger partial charge in [-0.15, -0.1) is 0 Å². The van der Waals surface area contributed by atoms with Crippen molar-refractivity contribution in [3.05, 3.63) is 17.5 Å². The normalized spacial score (nSPS) is 10.7. The fourth-order valence-corrected chi connectivity index (χ4v) is 0.991. The summed E-state index contributed by atoms with van der Waals surface area (Å²) in [5.41, 5.74) is 6.31. The summed E-state index contributed by atoms with van der Waals surface area (Å²) in [6.07, 6.45) is 1.82. The van der Waals surface area contributed by atoms with Gasteiger partial charge in [-0.3, -0.25) is 9.48 Å². The van der Waals surface area contributed by atoms with Crippen molar-refractivity contribution < 1.29 is 4.79 Å². The number of rotatable bonds is 2. The van der Waals surface area contributed by atoms with E-state index in [-0.39, 0.29) is 6.04 Å². The van der Waals surface area contributed by atoms with Crippen LogP contribution in [-0.4, -0.2) is 15.7 Å². The number of carbonyl (C=O) groups excluding carboxylic acids is 1. The van der Waals surface area contributed by atoms with Gasteiger partial charge in [-0.2, -0.15) is 5.10 Å². The molecule has 1 rings (SSSR count). The second-order valence-electron chi connectivity index (χ2n) is 3.10. The van der Waals surface area contributed by atoms with Crippen LogP contribution < -0.4 is 5.73 Å². The summed E-state index contributed by atoms with van der Waals surface area (Å²) >= 11 is 0. The Morgan fingerprint density at radius 3 is 2.50 bits per heavy atom. The van der Waals surface area contributed by atoms with Crippen molar-refractivity contribution in [2.75, 3.05) is 0 Å². The molecule has 0 aromatic carbocycles. The average Bonchev–Trinajstić information content (AvgIpc) is 2.30. The predicted molar refractivity (Wildman–Crippen MR) is 45.9 cm³/mol. The Morgan fingerprint density at radius 1 is 1.67 bits per heavy atom. The molecule has 1 aromatic heterocycles. The van der Waals surface area contributed by atoms with Crippen LogP contribution in [0.1, 0.15) is 35.9 Å². The highest BCUT2D eigenvalue weighted by Gasteiger charge is 2.10. The zero-order valence-corrected chi connectivity index (χ0v) is 7.53. The van der Waals surface area contributed by atoms with E-state index in [1.807, 2.05) is 27.0 Å². The minimum Gasteiger partial charge on any atom is -0.364 e. The van der Waals surface area contributed by atoms with Crippen LogP contribution in [0.3, 0.4) is 0 Å². The molecule has 66 valence electrons. The van der Waals surface area contributed by atoms with Crippen LogP contribution in [0.15, 0.2) is 6.20 Å². The Balaban J connectivity index is 3.09. The van der Waals surface area contributed by atoms with E-state index in [9.17, 15) is 4.79 Å². The molecule has 0 aliphatic heterocycles. The first-order chi connectivity index (χ1) is 5.52. The van der Waals surface area contributed by atoms with Crippen molar-refractivity contribution in [2.24, 2.45) is 5.73 Å². The maximum Gasteiger partial charge on any atom is 0.269 e. The minimum atomic E-state index is -0.466. The Morgan fingerprint density at radius 2 is 2.25 bits per heavy atom. The number of amides is 1. The fraction of sp³-hybridized carbons (Fsp3) is 0.500. The van der Waals surface area contributed by atoms with Crippen molar-refractivity contribution >= 4 is 5.91 Å². The van der Waals surface area contributed by atoms with Crippen LogP contribution >= 0.6 is 0 Å².